The van der Waals surface area contributed by atoms with Crippen molar-refractivity contribution >= 4 is 22.8 Å². The van der Waals surface area contributed by atoms with Gasteiger partial charge in [-0.2, -0.15) is 4.98 Å². The first-order chi connectivity index (χ1) is 11.5. The van der Waals surface area contributed by atoms with Gasteiger partial charge in [0.15, 0.2) is 0 Å². The van der Waals surface area contributed by atoms with Crippen LogP contribution in [0.2, 0.25) is 0 Å². The Morgan fingerprint density at radius 1 is 1.25 bits per heavy atom. The van der Waals surface area contributed by atoms with Gasteiger partial charge in [-0.1, -0.05) is 0 Å². The third-order valence-corrected chi connectivity index (χ3v) is 3.52. The van der Waals surface area contributed by atoms with Gasteiger partial charge in [0.1, 0.15) is 5.75 Å². The van der Waals surface area contributed by atoms with Crippen LogP contribution in [0.4, 0.5) is 11.9 Å². The van der Waals surface area contributed by atoms with Crippen LogP contribution in [0.15, 0.2) is 23.0 Å². The van der Waals surface area contributed by atoms with Crippen molar-refractivity contribution in [3.63, 3.8) is 0 Å². The Hall–Kier alpha value is -3.16. The molecule has 1 aromatic carbocycles. The first-order valence-corrected chi connectivity index (χ1v) is 7.46. The van der Waals surface area contributed by atoms with Crippen LogP contribution in [0, 0.1) is 13.8 Å². The predicted octanol–water partition coefficient (Wildman–Crippen LogP) is 2.18. The SMILES string of the molecule is CCOc1ccc2nc(Nc3nc(O)c(C)c(=O)[nH]3)nc(C)c2c1. The minimum Gasteiger partial charge on any atom is -0.494 e. The highest BCUT2D eigenvalue weighted by Crippen LogP contribution is 2.23. The molecule has 0 unspecified atom stereocenters. The molecule has 0 saturated heterocycles. The standard InChI is InChI=1S/C16H17N5O3/c1-4-24-10-5-6-12-11(7-10)9(3)17-15(18-12)21-16-19-13(22)8(2)14(23)20-16/h5-7H,4H2,1-3H3,(H3,17,18,19,20,21,22,23). The van der Waals surface area contributed by atoms with Crippen molar-refractivity contribution in [2.24, 2.45) is 0 Å². The lowest BCUT2D eigenvalue weighted by Gasteiger charge is -2.09. The molecule has 8 nitrogen and oxygen atoms in total. The fraction of sp³-hybridized carbons (Fsp3) is 0.250. The summed E-state index contributed by atoms with van der Waals surface area (Å²) in [4.78, 5) is 26.8. The molecule has 0 aliphatic carbocycles. The lowest BCUT2D eigenvalue weighted by Crippen LogP contribution is -2.14. The summed E-state index contributed by atoms with van der Waals surface area (Å²) in [5.74, 6) is 0.773. The second kappa shape index (κ2) is 6.15. The molecule has 3 aromatic rings. The lowest BCUT2D eigenvalue weighted by molar-refractivity contribution is 0.340. The molecule has 0 spiro atoms. The van der Waals surface area contributed by atoms with E-state index in [0.717, 1.165) is 22.3 Å². The molecule has 0 bridgehead atoms. The van der Waals surface area contributed by atoms with E-state index in [1.54, 1.807) is 0 Å². The number of benzene rings is 1. The maximum atomic E-state index is 11.7. The molecule has 0 aliphatic rings. The number of aromatic amines is 1. The van der Waals surface area contributed by atoms with Crippen molar-refractivity contribution in [3.8, 4) is 11.6 Å². The number of nitrogens with one attached hydrogen (secondary N) is 2. The summed E-state index contributed by atoms with van der Waals surface area (Å²) in [5.41, 5.74) is 1.21. The average Bonchev–Trinajstić information content (AvgIpc) is 2.53. The van der Waals surface area contributed by atoms with Gasteiger partial charge in [-0.3, -0.25) is 15.1 Å². The molecule has 2 heterocycles. The van der Waals surface area contributed by atoms with E-state index in [9.17, 15) is 9.90 Å². The van der Waals surface area contributed by atoms with E-state index in [1.165, 1.54) is 6.92 Å². The summed E-state index contributed by atoms with van der Waals surface area (Å²) in [6.45, 7) is 5.84. The molecule has 0 atom stereocenters. The molecule has 2 aromatic heterocycles. The second-order valence-electron chi connectivity index (χ2n) is 5.23. The normalized spacial score (nSPS) is 10.8. The summed E-state index contributed by atoms with van der Waals surface area (Å²) in [5, 5.41) is 13.3. The lowest BCUT2D eigenvalue weighted by atomic mass is 10.2. The van der Waals surface area contributed by atoms with Gasteiger partial charge < -0.3 is 9.84 Å². The van der Waals surface area contributed by atoms with Crippen molar-refractivity contribution in [2.75, 3.05) is 11.9 Å². The van der Waals surface area contributed by atoms with Crippen LogP contribution in [-0.2, 0) is 0 Å². The first-order valence-electron chi connectivity index (χ1n) is 7.46. The number of ether oxygens (including phenoxy) is 1. The zero-order chi connectivity index (χ0) is 17.3. The number of H-pyrrole nitrogens is 1. The second-order valence-corrected chi connectivity index (χ2v) is 5.23. The third kappa shape index (κ3) is 2.98. The van der Waals surface area contributed by atoms with Gasteiger partial charge in [0.2, 0.25) is 17.8 Å². The number of aromatic nitrogens is 4. The zero-order valence-corrected chi connectivity index (χ0v) is 13.5. The van der Waals surface area contributed by atoms with Crippen LogP contribution in [0.1, 0.15) is 18.2 Å². The first kappa shape index (κ1) is 15.7. The monoisotopic (exact) mass is 327 g/mol. The van der Waals surface area contributed by atoms with Gasteiger partial charge in [-0.25, -0.2) is 9.97 Å². The number of rotatable bonds is 4. The van der Waals surface area contributed by atoms with Crippen molar-refractivity contribution in [1.82, 2.24) is 19.9 Å². The smallest absolute Gasteiger partial charge is 0.259 e. The summed E-state index contributed by atoms with van der Waals surface area (Å²) in [6.07, 6.45) is 0. The van der Waals surface area contributed by atoms with Crippen molar-refractivity contribution in [1.29, 1.82) is 0 Å². The molecule has 124 valence electrons. The maximum absolute atomic E-state index is 11.7. The molecule has 3 N–H and O–H groups in total. The van der Waals surface area contributed by atoms with E-state index in [4.69, 9.17) is 4.74 Å². The van der Waals surface area contributed by atoms with Crippen molar-refractivity contribution < 1.29 is 9.84 Å². The molecular formula is C16H17N5O3. The number of anilines is 2. The highest BCUT2D eigenvalue weighted by molar-refractivity contribution is 5.83. The van der Waals surface area contributed by atoms with Crippen LogP contribution < -0.4 is 15.6 Å². The average molecular weight is 327 g/mol. The zero-order valence-electron chi connectivity index (χ0n) is 13.5. The summed E-state index contributed by atoms with van der Waals surface area (Å²) < 4.78 is 5.48. The molecule has 0 aliphatic heterocycles. The Labute approximate surface area is 137 Å². The van der Waals surface area contributed by atoms with E-state index in [1.807, 2.05) is 32.0 Å². The Bertz CT molecular complexity index is 968. The number of hydrogen-bond acceptors (Lipinski definition) is 7. The van der Waals surface area contributed by atoms with Gasteiger partial charge in [0, 0.05) is 5.39 Å². The minimum atomic E-state index is -0.427. The van der Waals surface area contributed by atoms with Crippen LogP contribution in [0.5, 0.6) is 11.6 Å². The molecule has 0 amide bonds. The molecule has 0 fully saturated rings. The van der Waals surface area contributed by atoms with Crippen molar-refractivity contribution in [2.45, 2.75) is 20.8 Å². The van der Waals surface area contributed by atoms with E-state index in [0.29, 0.717) is 6.61 Å². The summed E-state index contributed by atoms with van der Waals surface area (Å²) in [7, 11) is 0. The van der Waals surface area contributed by atoms with Gasteiger partial charge in [0.25, 0.3) is 5.56 Å². The summed E-state index contributed by atoms with van der Waals surface area (Å²) in [6, 6.07) is 5.55. The van der Waals surface area contributed by atoms with Crippen LogP contribution in [0.3, 0.4) is 0 Å². The van der Waals surface area contributed by atoms with Gasteiger partial charge in [0.05, 0.1) is 23.4 Å². The van der Waals surface area contributed by atoms with Crippen molar-refractivity contribution in [3.05, 3.63) is 39.8 Å². The fourth-order valence-electron chi connectivity index (χ4n) is 2.26. The highest BCUT2D eigenvalue weighted by Gasteiger charge is 2.10. The summed E-state index contributed by atoms with van der Waals surface area (Å²) >= 11 is 0. The number of hydrogen-bond donors (Lipinski definition) is 3. The van der Waals surface area contributed by atoms with E-state index < -0.39 is 5.56 Å². The number of nitrogens with zero attached hydrogens (tertiary/aromatic N) is 3. The van der Waals surface area contributed by atoms with E-state index in [2.05, 4.69) is 25.3 Å². The molecule has 3 rings (SSSR count). The fourth-order valence-corrected chi connectivity index (χ4v) is 2.26. The van der Waals surface area contributed by atoms with Gasteiger partial charge in [-0.15, -0.1) is 0 Å². The topological polar surface area (TPSA) is 113 Å². The highest BCUT2D eigenvalue weighted by atomic mass is 16.5. The maximum Gasteiger partial charge on any atom is 0.259 e. The van der Waals surface area contributed by atoms with E-state index in [-0.39, 0.29) is 23.3 Å². The Morgan fingerprint density at radius 2 is 2.04 bits per heavy atom. The molecule has 24 heavy (non-hydrogen) atoms. The molecule has 0 radical (unpaired) electrons. The largest absolute Gasteiger partial charge is 0.494 e. The number of aromatic hydroxyl groups is 1. The predicted molar refractivity (Wildman–Crippen MR) is 90.0 cm³/mol. The van der Waals surface area contributed by atoms with Gasteiger partial charge in [-0.05, 0) is 39.0 Å². The Morgan fingerprint density at radius 3 is 2.75 bits per heavy atom. The number of fused-ring (bicyclic) bond motifs is 1. The van der Waals surface area contributed by atoms with Gasteiger partial charge >= 0.3 is 0 Å². The van der Waals surface area contributed by atoms with E-state index >= 15 is 0 Å². The Balaban J connectivity index is 1.99. The van der Waals surface area contributed by atoms with Crippen LogP contribution in [0.25, 0.3) is 10.9 Å². The van der Waals surface area contributed by atoms with Crippen LogP contribution >= 0.6 is 0 Å². The molecule has 0 saturated carbocycles. The molecular weight excluding hydrogens is 310 g/mol. The third-order valence-electron chi connectivity index (χ3n) is 3.52. The number of aryl methyl sites for hydroxylation is 1. The minimum absolute atomic E-state index is 0.0767. The Kier molecular flexibility index (Phi) is 4.03. The quantitative estimate of drug-likeness (QED) is 0.673. The molecule has 8 heteroatoms. The van der Waals surface area contributed by atoms with Crippen LogP contribution in [-0.4, -0.2) is 31.6 Å².